The van der Waals surface area contributed by atoms with Gasteiger partial charge in [-0.15, -0.1) is 0 Å². The monoisotopic (exact) mass is 386 g/mol. The third-order valence-corrected chi connectivity index (χ3v) is 4.90. The Balaban J connectivity index is 1.61. The molecule has 1 aliphatic heterocycles. The van der Waals surface area contributed by atoms with Crippen molar-refractivity contribution in [2.45, 2.75) is 46.4 Å². The summed E-state index contributed by atoms with van der Waals surface area (Å²) in [5.74, 6) is -0.930. The van der Waals surface area contributed by atoms with E-state index in [0.717, 1.165) is 12.0 Å². The molecule has 9 heteroatoms. The summed E-state index contributed by atoms with van der Waals surface area (Å²) in [6.07, 6.45) is -0.178. The Morgan fingerprint density at radius 1 is 1.29 bits per heavy atom. The molecule has 0 bridgehead atoms. The molecule has 1 atom stereocenters. The van der Waals surface area contributed by atoms with Crippen LogP contribution in [0.1, 0.15) is 29.4 Å². The maximum atomic E-state index is 12.6. The first-order valence-electron chi connectivity index (χ1n) is 9.01. The Kier molecular flexibility index (Phi) is 5.43. The SMILES string of the molecule is Cc1nn(CC(=O)O[C@H](C)C(=O)N2CCc3ccccc3C2)c(C)c1[N+](=O)[O-]. The highest BCUT2D eigenvalue weighted by Crippen LogP contribution is 2.22. The van der Waals surface area contributed by atoms with E-state index in [4.69, 9.17) is 4.74 Å². The van der Waals surface area contributed by atoms with Gasteiger partial charge in [0.1, 0.15) is 17.9 Å². The van der Waals surface area contributed by atoms with Crippen molar-refractivity contribution in [3.8, 4) is 0 Å². The van der Waals surface area contributed by atoms with E-state index >= 15 is 0 Å². The molecular weight excluding hydrogens is 364 g/mol. The van der Waals surface area contributed by atoms with Crippen molar-refractivity contribution >= 4 is 17.6 Å². The molecule has 3 rings (SSSR count). The number of hydrogen-bond donors (Lipinski definition) is 0. The molecule has 28 heavy (non-hydrogen) atoms. The van der Waals surface area contributed by atoms with Crippen molar-refractivity contribution in [1.82, 2.24) is 14.7 Å². The maximum absolute atomic E-state index is 12.6. The molecule has 0 saturated heterocycles. The van der Waals surface area contributed by atoms with E-state index in [1.165, 1.54) is 31.0 Å². The third kappa shape index (κ3) is 3.88. The molecule has 0 unspecified atom stereocenters. The zero-order valence-electron chi connectivity index (χ0n) is 16.0. The number of aromatic nitrogens is 2. The van der Waals surface area contributed by atoms with E-state index in [9.17, 15) is 19.7 Å². The van der Waals surface area contributed by atoms with Crippen LogP contribution >= 0.6 is 0 Å². The highest BCUT2D eigenvalue weighted by molar-refractivity contribution is 5.83. The number of ether oxygens (including phenoxy) is 1. The summed E-state index contributed by atoms with van der Waals surface area (Å²) < 4.78 is 6.49. The van der Waals surface area contributed by atoms with E-state index < -0.39 is 17.0 Å². The first-order valence-corrected chi connectivity index (χ1v) is 9.01. The molecule has 1 aromatic carbocycles. The minimum absolute atomic E-state index is 0.121. The molecule has 0 N–H and O–H groups in total. The van der Waals surface area contributed by atoms with Crippen LogP contribution in [0.3, 0.4) is 0 Å². The maximum Gasteiger partial charge on any atom is 0.328 e. The van der Waals surface area contributed by atoms with Crippen LogP contribution in [-0.4, -0.2) is 44.1 Å². The van der Waals surface area contributed by atoms with Gasteiger partial charge in [-0.05, 0) is 38.3 Å². The smallest absolute Gasteiger partial charge is 0.328 e. The van der Waals surface area contributed by atoms with Crippen LogP contribution in [0.5, 0.6) is 0 Å². The third-order valence-electron chi connectivity index (χ3n) is 4.90. The van der Waals surface area contributed by atoms with Crippen LogP contribution in [0.2, 0.25) is 0 Å². The minimum Gasteiger partial charge on any atom is -0.451 e. The summed E-state index contributed by atoms with van der Waals surface area (Å²) in [5, 5.41) is 15.1. The average Bonchev–Trinajstić information content (AvgIpc) is 2.93. The lowest BCUT2D eigenvalue weighted by Gasteiger charge is -2.30. The Bertz CT molecular complexity index is 936. The van der Waals surface area contributed by atoms with E-state index in [0.29, 0.717) is 13.1 Å². The number of benzene rings is 1. The molecule has 0 fully saturated rings. The lowest BCUT2D eigenvalue weighted by atomic mass is 9.99. The second-order valence-corrected chi connectivity index (χ2v) is 6.84. The fourth-order valence-electron chi connectivity index (χ4n) is 3.45. The van der Waals surface area contributed by atoms with Crippen molar-refractivity contribution in [2.75, 3.05) is 6.54 Å². The van der Waals surface area contributed by atoms with Crippen LogP contribution in [-0.2, 0) is 33.8 Å². The van der Waals surface area contributed by atoms with E-state index in [2.05, 4.69) is 5.10 Å². The molecule has 2 heterocycles. The summed E-state index contributed by atoms with van der Waals surface area (Å²) >= 11 is 0. The zero-order valence-corrected chi connectivity index (χ0v) is 16.0. The van der Waals surface area contributed by atoms with Crippen LogP contribution in [0.15, 0.2) is 24.3 Å². The zero-order chi connectivity index (χ0) is 20.4. The van der Waals surface area contributed by atoms with Gasteiger partial charge in [-0.3, -0.25) is 24.4 Å². The fourth-order valence-corrected chi connectivity index (χ4v) is 3.45. The van der Waals surface area contributed by atoms with Crippen molar-refractivity contribution in [3.63, 3.8) is 0 Å². The first kappa shape index (κ1) is 19.5. The Hall–Kier alpha value is -3.23. The molecule has 2 aromatic rings. The molecule has 1 amide bonds. The normalized spacial score (nSPS) is 14.3. The number of aryl methyl sites for hydroxylation is 1. The number of nitro groups is 1. The summed E-state index contributed by atoms with van der Waals surface area (Å²) in [5.41, 5.74) is 2.69. The number of esters is 1. The van der Waals surface area contributed by atoms with Crippen molar-refractivity contribution in [1.29, 1.82) is 0 Å². The number of amides is 1. The molecule has 148 valence electrons. The number of carbonyl (C=O) groups is 2. The second-order valence-electron chi connectivity index (χ2n) is 6.84. The Morgan fingerprint density at radius 2 is 1.96 bits per heavy atom. The predicted molar refractivity (Wildman–Crippen MR) is 99.5 cm³/mol. The standard InChI is InChI=1S/C19H22N4O5/c1-12-18(23(26)27)13(2)22(20-12)11-17(24)28-14(3)19(25)21-9-8-15-6-4-5-7-16(15)10-21/h4-7,14H,8-11H2,1-3H3/t14-/m1/s1. The Labute approximate surface area is 162 Å². The molecular formula is C19H22N4O5. The lowest BCUT2D eigenvalue weighted by molar-refractivity contribution is -0.386. The summed E-state index contributed by atoms with van der Waals surface area (Å²) in [4.78, 5) is 37.1. The number of nitrogens with zero attached hydrogens (tertiary/aromatic N) is 4. The van der Waals surface area contributed by atoms with Crippen LogP contribution in [0.4, 0.5) is 5.69 Å². The summed E-state index contributed by atoms with van der Waals surface area (Å²) in [6.45, 7) is 5.33. The van der Waals surface area contributed by atoms with Gasteiger partial charge in [0.05, 0.1) is 4.92 Å². The largest absolute Gasteiger partial charge is 0.451 e. The predicted octanol–water partition coefficient (Wildman–Crippen LogP) is 1.92. The molecule has 0 radical (unpaired) electrons. The minimum atomic E-state index is -0.940. The van der Waals surface area contributed by atoms with E-state index in [1.807, 2.05) is 24.3 Å². The highest BCUT2D eigenvalue weighted by Gasteiger charge is 2.28. The number of carbonyl (C=O) groups excluding carboxylic acids is 2. The van der Waals surface area contributed by atoms with Gasteiger partial charge in [-0.25, -0.2) is 0 Å². The average molecular weight is 386 g/mol. The molecule has 9 nitrogen and oxygen atoms in total. The van der Waals surface area contributed by atoms with Gasteiger partial charge in [-0.1, -0.05) is 24.3 Å². The molecule has 0 spiro atoms. The highest BCUT2D eigenvalue weighted by atomic mass is 16.6. The topological polar surface area (TPSA) is 108 Å². The summed E-state index contributed by atoms with van der Waals surface area (Å²) in [7, 11) is 0. The van der Waals surface area contributed by atoms with Gasteiger partial charge in [-0.2, -0.15) is 5.10 Å². The fraction of sp³-hybridized carbons (Fsp3) is 0.421. The lowest BCUT2D eigenvalue weighted by Crippen LogP contribution is -2.43. The molecule has 1 aliphatic rings. The van der Waals surface area contributed by atoms with Crippen LogP contribution in [0.25, 0.3) is 0 Å². The first-order chi connectivity index (χ1) is 13.3. The molecule has 0 saturated carbocycles. The van der Waals surface area contributed by atoms with Crippen LogP contribution in [0, 0.1) is 24.0 Å². The van der Waals surface area contributed by atoms with Gasteiger partial charge >= 0.3 is 11.7 Å². The van der Waals surface area contributed by atoms with Gasteiger partial charge in [0, 0.05) is 13.1 Å². The van der Waals surface area contributed by atoms with Gasteiger partial charge in [0.25, 0.3) is 5.91 Å². The van der Waals surface area contributed by atoms with Gasteiger partial charge in [0.2, 0.25) is 0 Å². The Morgan fingerprint density at radius 3 is 2.61 bits per heavy atom. The number of hydrogen-bond acceptors (Lipinski definition) is 6. The van der Waals surface area contributed by atoms with E-state index in [-0.39, 0.29) is 29.5 Å². The van der Waals surface area contributed by atoms with Crippen molar-refractivity contribution in [2.24, 2.45) is 0 Å². The van der Waals surface area contributed by atoms with Crippen LogP contribution < -0.4 is 0 Å². The molecule has 0 aliphatic carbocycles. The molecule has 1 aromatic heterocycles. The quantitative estimate of drug-likeness (QED) is 0.441. The number of rotatable bonds is 5. The van der Waals surface area contributed by atoms with Crippen molar-refractivity contribution in [3.05, 3.63) is 56.9 Å². The summed E-state index contributed by atoms with van der Waals surface area (Å²) in [6, 6.07) is 7.95. The van der Waals surface area contributed by atoms with Gasteiger partial charge < -0.3 is 9.64 Å². The second kappa shape index (κ2) is 7.79. The number of fused-ring (bicyclic) bond motifs is 1. The van der Waals surface area contributed by atoms with Gasteiger partial charge in [0.15, 0.2) is 6.10 Å². The van der Waals surface area contributed by atoms with Crippen molar-refractivity contribution < 1.29 is 19.2 Å². The van der Waals surface area contributed by atoms with E-state index in [1.54, 1.807) is 4.90 Å².